The van der Waals surface area contributed by atoms with Crippen LogP contribution >= 0.6 is 0 Å². The number of amides is 3. The summed E-state index contributed by atoms with van der Waals surface area (Å²) >= 11 is 0. The molecule has 2 bridgehead atoms. The van der Waals surface area contributed by atoms with Crippen LogP contribution in [0.2, 0.25) is 0 Å². The first-order valence-electron chi connectivity index (χ1n) is 11.7. The van der Waals surface area contributed by atoms with Gasteiger partial charge in [0.25, 0.3) is 11.5 Å². The van der Waals surface area contributed by atoms with Crippen molar-refractivity contribution in [1.82, 2.24) is 25.1 Å². The maximum Gasteiger partial charge on any atom is 0.311 e. The van der Waals surface area contributed by atoms with E-state index in [9.17, 15) is 28.7 Å². The van der Waals surface area contributed by atoms with Crippen molar-refractivity contribution in [3.8, 4) is 5.75 Å². The predicted molar refractivity (Wildman–Crippen MR) is 127 cm³/mol. The summed E-state index contributed by atoms with van der Waals surface area (Å²) in [4.78, 5) is 56.8. The minimum Gasteiger partial charge on any atom is -0.501 e. The topological polar surface area (TPSA) is 134 Å². The van der Waals surface area contributed by atoms with Gasteiger partial charge >= 0.3 is 11.8 Å². The number of rotatable bonds is 4. The van der Waals surface area contributed by atoms with Gasteiger partial charge in [-0.25, -0.2) is 9.37 Å². The number of carbonyl (C=O) groups excluding carboxylic acids is 3. The third kappa shape index (κ3) is 3.92. The Bertz CT molecular complexity index is 1300. The zero-order valence-corrected chi connectivity index (χ0v) is 20.9. The Morgan fingerprint density at radius 2 is 1.83 bits per heavy atom. The number of aromatic nitrogens is 2. The number of nitrogens with zero attached hydrogens (tertiary/aromatic N) is 3. The molecule has 192 valence electrons. The predicted octanol–water partition coefficient (Wildman–Crippen LogP) is 1.33. The highest BCUT2D eigenvalue weighted by Gasteiger charge is 2.64. The molecule has 1 saturated carbocycles. The molecule has 1 aromatic carbocycles. The quantitative estimate of drug-likeness (QED) is 0.544. The lowest BCUT2D eigenvalue weighted by atomic mass is 9.44. The highest BCUT2D eigenvalue weighted by Crippen LogP contribution is 2.67. The minimum absolute atomic E-state index is 0.0168. The number of benzene rings is 1. The Morgan fingerprint density at radius 1 is 1.19 bits per heavy atom. The summed E-state index contributed by atoms with van der Waals surface area (Å²) in [5, 5.41) is 16.0. The van der Waals surface area contributed by atoms with Gasteiger partial charge in [-0.05, 0) is 35.4 Å². The molecule has 3 amide bonds. The zero-order chi connectivity index (χ0) is 26.6. The van der Waals surface area contributed by atoms with Crippen molar-refractivity contribution < 1.29 is 23.9 Å². The minimum atomic E-state index is -0.861. The third-order valence-electron chi connectivity index (χ3n) is 8.09. The number of carbonyl (C=O) groups is 3. The third-order valence-corrected chi connectivity index (χ3v) is 8.09. The van der Waals surface area contributed by atoms with E-state index in [1.54, 1.807) is 0 Å². The standard InChI is InChI=1S/C25H30FN5O5/c1-24(2)14-10-25(24,3)18(29-21(34)23(36)30(4)5)19-28-16(17(32)22(35)31(19)12-14)20(33)27-11-13-6-8-15(26)9-7-13/h6-9,14,18,32H,10-12H2,1-5H3,(H,27,33)(H,29,34)/t14-,18-,25-/m0/s1. The van der Waals surface area contributed by atoms with Crippen LogP contribution in [0.25, 0.3) is 0 Å². The van der Waals surface area contributed by atoms with E-state index in [4.69, 9.17) is 0 Å². The average molecular weight is 500 g/mol. The van der Waals surface area contributed by atoms with E-state index in [2.05, 4.69) is 15.6 Å². The van der Waals surface area contributed by atoms with Gasteiger partial charge in [-0.15, -0.1) is 0 Å². The molecular formula is C25H30FN5O5. The summed E-state index contributed by atoms with van der Waals surface area (Å²) in [5.41, 5.74) is -1.58. The molecule has 2 aliphatic heterocycles. The smallest absolute Gasteiger partial charge is 0.311 e. The second-order valence-corrected chi connectivity index (χ2v) is 10.5. The molecule has 3 atom stereocenters. The van der Waals surface area contributed by atoms with Crippen LogP contribution < -0.4 is 16.2 Å². The first-order chi connectivity index (χ1) is 16.8. The average Bonchev–Trinajstić information content (AvgIpc) is 3.00. The second kappa shape index (κ2) is 8.72. The van der Waals surface area contributed by atoms with Gasteiger partial charge in [0.1, 0.15) is 11.6 Å². The monoisotopic (exact) mass is 499 g/mol. The molecule has 3 heterocycles. The fourth-order valence-electron chi connectivity index (χ4n) is 5.26. The Hall–Kier alpha value is -3.76. The molecule has 36 heavy (non-hydrogen) atoms. The molecule has 3 N–H and O–H groups in total. The second-order valence-electron chi connectivity index (χ2n) is 10.5. The molecule has 2 aromatic rings. The lowest BCUT2D eigenvalue weighted by Gasteiger charge is -2.61. The number of aromatic hydroxyl groups is 1. The summed E-state index contributed by atoms with van der Waals surface area (Å²) < 4.78 is 14.5. The first-order valence-corrected chi connectivity index (χ1v) is 11.7. The van der Waals surface area contributed by atoms with Gasteiger partial charge in [0.15, 0.2) is 5.69 Å². The molecule has 5 rings (SSSR count). The van der Waals surface area contributed by atoms with Gasteiger partial charge in [-0.1, -0.05) is 32.9 Å². The number of hydrogen-bond donors (Lipinski definition) is 3. The fourth-order valence-corrected chi connectivity index (χ4v) is 5.26. The lowest BCUT2D eigenvalue weighted by Crippen LogP contribution is -2.59. The van der Waals surface area contributed by atoms with Crippen molar-refractivity contribution in [2.75, 3.05) is 14.1 Å². The summed E-state index contributed by atoms with van der Waals surface area (Å²) in [5.74, 6) is -3.46. The Labute approximate surface area is 207 Å². The van der Waals surface area contributed by atoms with Gasteiger partial charge in [0.2, 0.25) is 5.75 Å². The van der Waals surface area contributed by atoms with E-state index < -0.39 is 52.0 Å². The molecule has 11 heteroatoms. The molecule has 0 saturated heterocycles. The van der Waals surface area contributed by atoms with Crippen molar-refractivity contribution >= 4 is 17.7 Å². The van der Waals surface area contributed by atoms with Crippen LogP contribution in [0.5, 0.6) is 5.75 Å². The summed E-state index contributed by atoms with van der Waals surface area (Å²) in [7, 11) is 2.91. The van der Waals surface area contributed by atoms with Gasteiger partial charge in [-0.3, -0.25) is 23.7 Å². The Kier molecular flexibility index (Phi) is 6.14. The SMILES string of the molecule is CN(C)C(=O)C(=O)N[C@H]1c2nc(C(=O)NCc3ccc(F)cc3)c(O)c(=O)n2C[C@@H]2C[C@]1(C)C2(C)C. The van der Waals surface area contributed by atoms with E-state index in [1.807, 2.05) is 20.8 Å². The van der Waals surface area contributed by atoms with Crippen molar-refractivity contribution in [1.29, 1.82) is 0 Å². The molecule has 1 fully saturated rings. The number of nitrogens with one attached hydrogen (secondary N) is 2. The maximum absolute atomic E-state index is 13.2. The van der Waals surface area contributed by atoms with Gasteiger partial charge < -0.3 is 20.6 Å². The van der Waals surface area contributed by atoms with Crippen LogP contribution in [0.15, 0.2) is 29.1 Å². The number of hydrogen-bond acceptors (Lipinski definition) is 6. The molecule has 1 aliphatic carbocycles. The van der Waals surface area contributed by atoms with Crippen LogP contribution in [-0.2, 0) is 22.7 Å². The molecule has 0 radical (unpaired) electrons. The van der Waals surface area contributed by atoms with Gasteiger partial charge in [0.05, 0.1) is 6.04 Å². The lowest BCUT2D eigenvalue weighted by molar-refractivity contribution is -0.151. The molecule has 1 aromatic heterocycles. The molecule has 10 nitrogen and oxygen atoms in total. The van der Waals surface area contributed by atoms with E-state index in [1.165, 1.54) is 42.9 Å². The molecule has 0 spiro atoms. The van der Waals surface area contributed by atoms with Crippen molar-refractivity contribution in [2.24, 2.45) is 16.7 Å². The highest BCUT2D eigenvalue weighted by atomic mass is 19.1. The zero-order valence-electron chi connectivity index (χ0n) is 20.9. The number of likely N-dealkylation sites (N-methyl/N-ethyl adjacent to an activating group) is 1. The Balaban J connectivity index is 1.74. The van der Waals surface area contributed by atoms with Crippen molar-refractivity contribution in [3.63, 3.8) is 0 Å². The van der Waals surface area contributed by atoms with Gasteiger partial charge in [0, 0.05) is 32.6 Å². The highest BCUT2D eigenvalue weighted by molar-refractivity contribution is 6.34. The summed E-state index contributed by atoms with van der Waals surface area (Å²) in [6.45, 7) is 6.28. The van der Waals surface area contributed by atoms with Crippen LogP contribution in [0.4, 0.5) is 4.39 Å². The van der Waals surface area contributed by atoms with E-state index in [0.29, 0.717) is 12.0 Å². The largest absolute Gasteiger partial charge is 0.501 e. The van der Waals surface area contributed by atoms with E-state index >= 15 is 0 Å². The molecule has 3 aliphatic rings. The van der Waals surface area contributed by atoms with E-state index in [-0.39, 0.29) is 30.2 Å². The first kappa shape index (κ1) is 25.3. The van der Waals surface area contributed by atoms with Gasteiger partial charge in [-0.2, -0.15) is 0 Å². The van der Waals surface area contributed by atoms with Crippen LogP contribution in [0.3, 0.4) is 0 Å². The summed E-state index contributed by atoms with van der Waals surface area (Å²) in [6.07, 6.45) is 0.650. The normalized spacial score (nSPS) is 23.5. The van der Waals surface area contributed by atoms with Crippen LogP contribution in [-0.4, -0.2) is 51.4 Å². The maximum atomic E-state index is 13.2. The van der Waals surface area contributed by atoms with Crippen LogP contribution in [0.1, 0.15) is 55.1 Å². The fraction of sp³-hybridized carbons (Fsp3) is 0.480. The van der Waals surface area contributed by atoms with Crippen LogP contribution in [0, 0.1) is 22.6 Å². The molecular weight excluding hydrogens is 469 g/mol. The Morgan fingerprint density at radius 3 is 2.42 bits per heavy atom. The summed E-state index contributed by atoms with van der Waals surface area (Å²) in [6, 6.07) is 4.64. The van der Waals surface area contributed by atoms with Crippen molar-refractivity contribution in [3.05, 3.63) is 57.5 Å². The molecule has 0 unspecified atom stereocenters. The van der Waals surface area contributed by atoms with Crippen molar-refractivity contribution in [2.45, 2.75) is 46.3 Å². The van der Waals surface area contributed by atoms with E-state index in [0.717, 1.165) is 4.90 Å². The number of halogens is 1.